The fraction of sp³-hybridized carbons (Fsp3) is 0.227. The summed E-state index contributed by atoms with van der Waals surface area (Å²) in [7, 11) is 0. The van der Waals surface area contributed by atoms with Crippen molar-refractivity contribution in [2.75, 3.05) is 42.3 Å². The number of nitrogens with two attached hydrogens (primary N) is 1. The number of nitrogen functional groups attached to an aromatic ring is 1. The molecule has 3 N–H and O–H groups in total. The number of hydrogen-bond donors (Lipinski definition) is 2. The van der Waals surface area contributed by atoms with Gasteiger partial charge in [0.15, 0.2) is 5.13 Å². The molecule has 3 aromatic heterocycles. The van der Waals surface area contributed by atoms with E-state index in [1.807, 2.05) is 31.3 Å². The summed E-state index contributed by atoms with van der Waals surface area (Å²) in [6.07, 6.45) is 5.24. The molecule has 1 saturated heterocycles. The number of nitrogens with one attached hydrogen (secondary N) is 1. The Balaban J connectivity index is 1.52. The van der Waals surface area contributed by atoms with E-state index in [0.29, 0.717) is 25.0 Å². The minimum atomic E-state index is 0.225. The Morgan fingerprint density at radius 3 is 2.47 bits per heavy atom. The van der Waals surface area contributed by atoms with Crippen LogP contribution in [0.3, 0.4) is 0 Å². The number of thiazole rings is 1. The molecule has 0 amide bonds. The second-order valence-corrected chi connectivity index (χ2v) is 8.33. The predicted octanol–water partition coefficient (Wildman–Crippen LogP) is 3.53. The van der Waals surface area contributed by atoms with Crippen molar-refractivity contribution in [2.24, 2.45) is 0 Å². The van der Waals surface area contributed by atoms with Gasteiger partial charge in [-0.2, -0.15) is 4.98 Å². The van der Waals surface area contributed by atoms with Crippen molar-refractivity contribution in [3.63, 3.8) is 0 Å². The number of nitrogens with zero attached hydrogens (tertiary/aromatic N) is 6. The van der Waals surface area contributed by atoms with Gasteiger partial charge in [0.1, 0.15) is 5.82 Å². The zero-order valence-corrected chi connectivity index (χ0v) is 18.3. The monoisotopic (exact) mass is 446 g/mol. The topological polar surface area (TPSA) is 115 Å². The summed E-state index contributed by atoms with van der Waals surface area (Å²) in [6.45, 7) is 4.73. The quantitative estimate of drug-likeness (QED) is 0.475. The van der Waals surface area contributed by atoms with Gasteiger partial charge < -0.3 is 20.7 Å². The summed E-state index contributed by atoms with van der Waals surface area (Å²) < 4.78 is 5.49. The Labute approximate surface area is 189 Å². The fourth-order valence-electron chi connectivity index (χ4n) is 3.44. The average molecular weight is 447 g/mol. The van der Waals surface area contributed by atoms with E-state index in [4.69, 9.17) is 20.4 Å². The standard InChI is InChI=1S/C22H22N8OS/c1-14-18(16-11-24-20(23)25-12-16)27-21(30-7-9-31-10-8-30)28-19(14)29-22-26-13-17(32-22)15-5-3-2-4-6-15/h2-6,11-13H,7-10H2,1H3,(H2,23,24,25)(H,26,27,28,29). The molecule has 162 valence electrons. The van der Waals surface area contributed by atoms with Crippen LogP contribution in [-0.4, -0.2) is 51.2 Å². The van der Waals surface area contributed by atoms with Crippen LogP contribution in [0.4, 0.5) is 22.8 Å². The molecule has 10 heteroatoms. The molecule has 1 fully saturated rings. The fourth-order valence-corrected chi connectivity index (χ4v) is 4.26. The molecule has 0 aliphatic carbocycles. The number of benzene rings is 1. The first-order valence-electron chi connectivity index (χ1n) is 10.2. The number of ether oxygens (including phenoxy) is 1. The first-order chi connectivity index (χ1) is 15.7. The highest BCUT2D eigenvalue weighted by Gasteiger charge is 2.20. The molecule has 0 spiro atoms. The molecular weight excluding hydrogens is 424 g/mol. The molecule has 32 heavy (non-hydrogen) atoms. The van der Waals surface area contributed by atoms with Gasteiger partial charge in [0.25, 0.3) is 0 Å². The van der Waals surface area contributed by atoms with Crippen molar-refractivity contribution in [1.82, 2.24) is 24.9 Å². The van der Waals surface area contributed by atoms with Gasteiger partial charge in [-0.15, -0.1) is 0 Å². The van der Waals surface area contributed by atoms with Gasteiger partial charge in [0.2, 0.25) is 11.9 Å². The van der Waals surface area contributed by atoms with Crippen LogP contribution in [0.25, 0.3) is 21.7 Å². The second kappa shape index (κ2) is 8.85. The van der Waals surface area contributed by atoms with E-state index in [-0.39, 0.29) is 5.95 Å². The van der Waals surface area contributed by atoms with Gasteiger partial charge in [-0.1, -0.05) is 41.7 Å². The molecule has 1 aliphatic rings. The van der Waals surface area contributed by atoms with Gasteiger partial charge in [-0.05, 0) is 12.5 Å². The summed E-state index contributed by atoms with van der Waals surface area (Å²) in [4.78, 5) is 25.7. The molecule has 4 aromatic rings. The maximum atomic E-state index is 5.68. The zero-order chi connectivity index (χ0) is 21.9. The van der Waals surface area contributed by atoms with E-state index in [1.165, 1.54) is 0 Å². The lowest BCUT2D eigenvalue weighted by Gasteiger charge is -2.27. The molecule has 4 heterocycles. The first kappa shape index (κ1) is 20.3. The third kappa shape index (κ3) is 4.23. The van der Waals surface area contributed by atoms with Crippen LogP contribution in [-0.2, 0) is 4.74 Å². The van der Waals surface area contributed by atoms with Crippen molar-refractivity contribution in [3.8, 4) is 21.7 Å². The maximum absolute atomic E-state index is 5.68. The molecule has 0 radical (unpaired) electrons. The maximum Gasteiger partial charge on any atom is 0.228 e. The van der Waals surface area contributed by atoms with Crippen LogP contribution in [0.5, 0.6) is 0 Å². The molecule has 0 atom stereocenters. The number of anilines is 4. The van der Waals surface area contributed by atoms with Crippen LogP contribution in [0.15, 0.2) is 48.9 Å². The molecule has 0 bridgehead atoms. The summed E-state index contributed by atoms with van der Waals surface area (Å²) in [6, 6.07) is 10.2. The van der Waals surface area contributed by atoms with Gasteiger partial charge in [0, 0.05) is 42.8 Å². The van der Waals surface area contributed by atoms with Crippen molar-refractivity contribution in [2.45, 2.75) is 6.92 Å². The van der Waals surface area contributed by atoms with E-state index < -0.39 is 0 Å². The average Bonchev–Trinajstić information content (AvgIpc) is 3.31. The van der Waals surface area contributed by atoms with E-state index in [0.717, 1.165) is 45.5 Å². The van der Waals surface area contributed by atoms with Crippen molar-refractivity contribution in [3.05, 3.63) is 54.5 Å². The van der Waals surface area contributed by atoms with Crippen LogP contribution < -0.4 is 16.0 Å². The van der Waals surface area contributed by atoms with Crippen LogP contribution in [0.2, 0.25) is 0 Å². The molecule has 1 aromatic carbocycles. The van der Waals surface area contributed by atoms with Gasteiger partial charge in [-0.25, -0.2) is 19.9 Å². The van der Waals surface area contributed by atoms with Crippen molar-refractivity contribution >= 4 is 34.2 Å². The molecular formula is C22H22N8OS. The SMILES string of the molecule is Cc1c(Nc2ncc(-c3ccccc3)s2)nc(N2CCOCC2)nc1-c1cnc(N)nc1. The van der Waals surface area contributed by atoms with Gasteiger partial charge >= 0.3 is 0 Å². The minimum absolute atomic E-state index is 0.225. The van der Waals surface area contributed by atoms with Crippen molar-refractivity contribution in [1.29, 1.82) is 0 Å². The van der Waals surface area contributed by atoms with E-state index >= 15 is 0 Å². The second-order valence-electron chi connectivity index (χ2n) is 7.30. The largest absolute Gasteiger partial charge is 0.378 e. The highest BCUT2D eigenvalue weighted by atomic mass is 32.1. The smallest absolute Gasteiger partial charge is 0.228 e. The number of rotatable bonds is 5. The Morgan fingerprint density at radius 2 is 1.72 bits per heavy atom. The molecule has 0 unspecified atom stereocenters. The van der Waals surface area contributed by atoms with Gasteiger partial charge in [0.05, 0.1) is 23.8 Å². The Bertz CT molecular complexity index is 1210. The summed E-state index contributed by atoms with van der Waals surface area (Å²) in [5.74, 6) is 1.55. The molecule has 1 aliphatic heterocycles. The minimum Gasteiger partial charge on any atom is -0.378 e. The van der Waals surface area contributed by atoms with E-state index in [1.54, 1.807) is 23.7 Å². The zero-order valence-electron chi connectivity index (χ0n) is 17.5. The Hall–Kier alpha value is -3.63. The number of aromatic nitrogens is 5. The lowest BCUT2D eigenvalue weighted by molar-refractivity contribution is 0.122. The normalized spacial score (nSPS) is 13.8. The predicted molar refractivity (Wildman–Crippen MR) is 126 cm³/mol. The lowest BCUT2D eigenvalue weighted by Crippen LogP contribution is -2.37. The van der Waals surface area contributed by atoms with Crippen LogP contribution in [0, 0.1) is 6.92 Å². The summed E-state index contributed by atoms with van der Waals surface area (Å²) in [5.41, 5.74) is 9.22. The summed E-state index contributed by atoms with van der Waals surface area (Å²) >= 11 is 1.58. The molecule has 9 nitrogen and oxygen atoms in total. The van der Waals surface area contributed by atoms with E-state index in [9.17, 15) is 0 Å². The Kier molecular flexibility index (Phi) is 5.61. The lowest BCUT2D eigenvalue weighted by atomic mass is 10.1. The van der Waals surface area contributed by atoms with E-state index in [2.05, 4.69) is 37.3 Å². The Morgan fingerprint density at radius 1 is 0.969 bits per heavy atom. The van der Waals surface area contributed by atoms with Crippen LogP contribution >= 0.6 is 11.3 Å². The highest BCUT2D eigenvalue weighted by molar-refractivity contribution is 7.18. The summed E-state index contributed by atoms with van der Waals surface area (Å²) in [5, 5.41) is 4.16. The first-order valence-corrected chi connectivity index (χ1v) is 11.1. The number of morpholine rings is 1. The third-order valence-corrected chi connectivity index (χ3v) is 6.12. The number of hydrogen-bond acceptors (Lipinski definition) is 10. The van der Waals surface area contributed by atoms with Crippen molar-refractivity contribution < 1.29 is 4.74 Å². The van der Waals surface area contributed by atoms with Crippen LogP contribution in [0.1, 0.15) is 5.56 Å². The highest BCUT2D eigenvalue weighted by Crippen LogP contribution is 2.33. The third-order valence-electron chi connectivity index (χ3n) is 5.16. The van der Waals surface area contributed by atoms with Gasteiger partial charge in [-0.3, -0.25) is 0 Å². The molecule has 0 saturated carbocycles. The molecule has 5 rings (SSSR count).